The number of carbonyl (C=O) groups excluding carboxylic acids is 4. The fourth-order valence-electron chi connectivity index (χ4n) is 5.42. The van der Waals surface area contributed by atoms with Gasteiger partial charge in [0.2, 0.25) is 11.8 Å². The largest absolute Gasteiger partial charge is 0.444 e. The van der Waals surface area contributed by atoms with Crippen LogP contribution in [0.25, 0.3) is 0 Å². The summed E-state index contributed by atoms with van der Waals surface area (Å²) in [5.74, 6) is -1.75. The predicted octanol–water partition coefficient (Wildman–Crippen LogP) is 3.81. The number of nitrogens with one attached hydrogen (secondary N) is 4. The molecule has 3 rings (SSSR count). The maximum absolute atomic E-state index is 13.8. The van der Waals surface area contributed by atoms with Crippen molar-refractivity contribution in [3.8, 4) is 0 Å². The van der Waals surface area contributed by atoms with Crippen molar-refractivity contribution in [3.63, 3.8) is 0 Å². The van der Waals surface area contributed by atoms with Crippen LogP contribution in [0.2, 0.25) is 0 Å². The molecule has 4 N–H and O–H groups in total. The quantitative estimate of drug-likeness (QED) is 0.194. The van der Waals surface area contributed by atoms with E-state index in [1.807, 2.05) is 23.7 Å². The second-order valence-electron chi connectivity index (χ2n) is 13.5. The Hall–Kier alpha value is -3.55. The van der Waals surface area contributed by atoms with Gasteiger partial charge in [0, 0.05) is 26.3 Å². The molecule has 4 amide bonds. The number of rotatable bonds is 16. The van der Waals surface area contributed by atoms with Crippen molar-refractivity contribution in [2.24, 2.45) is 0 Å². The summed E-state index contributed by atoms with van der Waals surface area (Å²) in [6.45, 7) is 7.69. The molecule has 2 atom stereocenters. The van der Waals surface area contributed by atoms with Crippen LogP contribution in [0.15, 0.2) is 24.3 Å². The van der Waals surface area contributed by atoms with Gasteiger partial charge in [-0.25, -0.2) is 9.52 Å². The van der Waals surface area contributed by atoms with Crippen LogP contribution in [0.3, 0.4) is 0 Å². The Balaban J connectivity index is 1.63. The highest BCUT2D eigenvalue weighted by atomic mass is 32.2. The minimum Gasteiger partial charge on any atom is -0.444 e. The van der Waals surface area contributed by atoms with E-state index in [1.54, 1.807) is 45.0 Å². The van der Waals surface area contributed by atoms with Gasteiger partial charge in [0.15, 0.2) is 0 Å². The van der Waals surface area contributed by atoms with E-state index in [-0.39, 0.29) is 24.4 Å². The van der Waals surface area contributed by atoms with Crippen LogP contribution in [0.4, 0.5) is 16.2 Å². The number of nitrogens with zero attached hydrogens (tertiary/aromatic N) is 2. The van der Waals surface area contributed by atoms with Gasteiger partial charge in [-0.1, -0.05) is 45.4 Å². The van der Waals surface area contributed by atoms with Crippen LogP contribution in [-0.2, 0) is 29.3 Å². The molecule has 258 valence electrons. The van der Waals surface area contributed by atoms with Gasteiger partial charge in [0.25, 0.3) is 5.91 Å². The molecular formula is C32H52N6O7S. The predicted molar refractivity (Wildman–Crippen MR) is 177 cm³/mol. The van der Waals surface area contributed by atoms with Crippen LogP contribution in [0.1, 0.15) is 98.3 Å². The van der Waals surface area contributed by atoms with Crippen molar-refractivity contribution >= 4 is 45.4 Å². The molecule has 0 bridgehead atoms. The standard InChI is InChI=1S/C32H52N6O7S/c1-7-8-9-10-11-12-14-25(33-30(42)45-31(2,3)4)28(40)38-22-13-15-26(38)27(39)34-32(20-21-32)29(41)36-46(43,44)35-23-16-18-24(19-17-23)37(5)6/h16-19,25-26,35H,7-15,20-22H2,1-6H3,(H,33,42)(H,34,39)(H,36,41)/t25-,26-/m0/s1. The van der Waals surface area contributed by atoms with E-state index in [0.29, 0.717) is 25.8 Å². The van der Waals surface area contributed by atoms with Gasteiger partial charge < -0.3 is 25.2 Å². The van der Waals surface area contributed by atoms with E-state index in [9.17, 15) is 27.6 Å². The topological polar surface area (TPSA) is 166 Å². The van der Waals surface area contributed by atoms with Crippen molar-refractivity contribution in [3.05, 3.63) is 24.3 Å². The van der Waals surface area contributed by atoms with E-state index in [0.717, 1.165) is 44.2 Å². The Morgan fingerprint density at radius 1 is 1.02 bits per heavy atom. The summed E-state index contributed by atoms with van der Waals surface area (Å²) in [7, 11) is -0.552. The fourth-order valence-corrected chi connectivity index (χ4v) is 6.36. The first-order chi connectivity index (χ1) is 21.6. The van der Waals surface area contributed by atoms with Crippen LogP contribution in [0, 0.1) is 0 Å². The molecule has 2 aliphatic rings. The van der Waals surface area contributed by atoms with Crippen LogP contribution in [0.5, 0.6) is 0 Å². The maximum Gasteiger partial charge on any atom is 0.408 e. The lowest BCUT2D eigenvalue weighted by Crippen LogP contribution is -2.58. The van der Waals surface area contributed by atoms with Crippen molar-refractivity contribution in [2.75, 3.05) is 30.3 Å². The Kier molecular flexibility index (Phi) is 12.7. The Bertz CT molecular complexity index is 1320. The third-order valence-electron chi connectivity index (χ3n) is 8.08. The number of amides is 4. The van der Waals surface area contributed by atoms with Gasteiger partial charge in [-0.05, 0) is 77.1 Å². The molecule has 0 unspecified atom stereocenters. The number of alkyl carbamates (subject to hydrolysis) is 1. The highest BCUT2D eigenvalue weighted by Crippen LogP contribution is 2.36. The molecule has 14 heteroatoms. The molecule has 1 saturated carbocycles. The summed E-state index contributed by atoms with van der Waals surface area (Å²) >= 11 is 0. The lowest BCUT2D eigenvalue weighted by molar-refractivity contribution is -0.141. The average Bonchev–Trinajstić information content (AvgIpc) is 3.57. The van der Waals surface area contributed by atoms with Crippen LogP contribution >= 0.6 is 0 Å². The Labute approximate surface area is 273 Å². The van der Waals surface area contributed by atoms with Gasteiger partial charge in [-0.15, -0.1) is 0 Å². The lowest BCUT2D eigenvalue weighted by Gasteiger charge is -2.30. The smallest absolute Gasteiger partial charge is 0.408 e. The Morgan fingerprint density at radius 2 is 1.65 bits per heavy atom. The number of anilines is 2. The number of hydrogen-bond donors (Lipinski definition) is 4. The highest BCUT2D eigenvalue weighted by Gasteiger charge is 2.53. The first-order valence-electron chi connectivity index (χ1n) is 16.3. The molecule has 2 fully saturated rings. The van der Waals surface area contributed by atoms with E-state index < -0.39 is 51.3 Å². The molecule has 1 saturated heterocycles. The maximum atomic E-state index is 13.8. The van der Waals surface area contributed by atoms with Crippen LogP contribution in [-0.4, -0.2) is 81.0 Å². The zero-order valence-corrected chi connectivity index (χ0v) is 28.9. The Morgan fingerprint density at radius 3 is 2.24 bits per heavy atom. The van der Waals surface area contributed by atoms with E-state index in [1.165, 1.54) is 4.90 Å². The first-order valence-corrected chi connectivity index (χ1v) is 17.8. The molecule has 13 nitrogen and oxygen atoms in total. The average molecular weight is 665 g/mol. The van der Waals surface area contributed by atoms with Crippen molar-refractivity contribution in [1.82, 2.24) is 20.3 Å². The lowest BCUT2D eigenvalue weighted by atomic mass is 10.0. The number of hydrogen-bond acceptors (Lipinski definition) is 8. The van der Waals surface area contributed by atoms with E-state index in [4.69, 9.17) is 4.74 Å². The molecule has 46 heavy (non-hydrogen) atoms. The summed E-state index contributed by atoms with van der Waals surface area (Å²) in [6.07, 6.45) is 7.26. The summed E-state index contributed by atoms with van der Waals surface area (Å²) in [4.78, 5) is 56.3. The zero-order valence-electron chi connectivity index (χ0n) is 28.1. The zero-order chi connectivity index (χ0) is 34.1. The number of unbranched alkanes of at least 4 members (excludes halogenated alkanes) is 5. The van der Waals surface area contributed by atoms with Gasteiger partial charge in [-0.2, -0.15) is 8.42 Å². The van der Waals surface area contributed by atoms with Crippen LogP contribution < -0.4 is 25.0 Å². The molecular weight excluding hydrogens is 612 g/mol. The van der Waals surface area contributed by atoms with Gasteiger partial charge in [0.05, 0.1) is 5.69 Å². The molecule has 0 radical (unpaired) electrons. The summed E-state index contributed by atoms with van der Waals surface area (Å²) < 4.78 is 35.2. The molecule has 0 spiro atoms. The minimum atomic E-state index is -4.27. The molecule has 1 aliphatic carbocycles. The summed E-state index contributed by atoms with van der Waals surface area (Å²) in [6, 6.07) is 4.91. The fraction of sp³-hybridized carbons (Fsp3) is 0.688. The first kappa shape index (κ1) is 36.9. The monoisotopic (exact) mass is 664 g/mol. The molecule has 0 aromatic heterocycles. The number of benzene rings is 1. The minimum absolute atomic E-state index is 0.263. The second-order valence-corrected chi connectivity index (χ2v) is 14.9. The summed E-state index contributed by atoms with van der Waals surface area (Å²) in [5.41, 5.74) is -0.979. The number of carbonyl (C=O) groups is 4. The molecule has 1 aromatic carbocycles. The number of ether oxygens (including phenoxy) is 1. The molecule has 1 heterocycles. The highest BCUT2D eigenvalue weighted by molar-refractivity contribution is 7.91. The molecule has 1 aliphatic heterocycles. The van der Waals surface area contributed by atoms with E-state index >= 15 is 0 Å². The second kappa shape index (κ2) is 15.8. The van der Waals surface area contributed by atoms with E-state index in [2.05, 4.69) is 22.3 Å². The van der Waals surface area contributed by atoms with Crippen molar-refractivity contribution in [1.29, 1.82) is 0 Å². The van der Waals surface area contributed by atoms with Gasteiger partial charge >= 0.3 is 16.3 Å². The third kappa shape index (κ3) is 11.1. The third-order valence-corrected chi connectivity index (χ3v) is 9.04. The SMILES string of the molecule is CCCCCCCC[C@H](NC(=O)OC(C)(C)C)C(=O)N1CCC[C@H]1C(=O)NC1(C(=O)NS(=O)(=O)Nc2ccc(N(C)C)cc2)CC1. The van der Waals surface area contributed by atoms with Gasteiger partial charge in [0.1, 0.15) is 23.2 Å². The van der Waals surface area contributed by atoms with Crippen molar-refractivity contribution in [2.45, 2.75) is 122 Å². The number of likely N-dealkylation sites (tertiary alicyclic amines) is 1. The molecule has 1 aromatic rings. The summed E-state index contributed by atoms with van der Waals surface area (Å²) in [5, 5.41) is 5.45. The van der Waals surface area contributed by atoms with Gasteiger partial charge in [-0.3, -0.25) is 19.1 Å². The van der Waals surface area contributed by atoms with Crippen molar-refractivity contribution < 1.29 is 32.3 Å². The normalized spacial score (nSPS) is 17.9.